The maximum absolute atomic E-state index is 12.4. The van der Waals surface area contributed by atoms with Crippen LogP contribution in [0, 0.1) is 5.92 Å². The van der Waals surface area contributed by atoms with Crippen LogP contribution in [0.4, 0.5) is 6.01 Å². The van der Waals surface area contributed by atoms with E-state index in [1.54, 1.807) is 13.3 Å². The molecule has 152 valence electrons. The fourth-order valence-corrected chi connectivity index (χ4v) is 3.79. The van der Waals surface area contributed by atoms with E-state index in [0.717, 1.165) is 54.8 Å². The molecular formula is C22H26N4O3. The number of amides is 1. The Bertz CT molecular complexity index is 957. The molecule has 1 N–H and O–H groups in total. The Morgan fingerprint density at radius 3 is 3.14 bits per heavy atom. The second-order valence-electron chi connectivity index (χ2n) is 7.45. The number of rotatable bonds is 7. The number of aromatic nitrogens is 2. The van der Waals surface area contributed by atoms with Gasteiger partial charge in [-0.25, -0.2) is 0 Å². The summed E-state index contributed by atoms with van der Waals surface area (Å²) in [5, 5.41) is 3.03. The highest BCUT2D eigenvalue weighted by atomic mass is 16.5. The van der Waals surface area contributed by atoms with E-state index in [4.69, 9.17) is 9.15 Å². The lowest BCUT2D eigenvalue weighted by Gasteiger charge is -2.31. The normalized spacial score (nSPS) is 16.7. The Morgan fingerprint density at radius 1 is 1.38 bits per heavy atom. The van der Waals surface area contributed by atoms with Gasteiger partial charge in [-0.15, -0.1) is 0 Å². The number of nitrogens with one attached hydrogen (secondary N) is 1. The van der Waals surface area contributed by atoms with Crippen molar-refractivity contribution >= 4 is 23.0 Å². The van der Waals surface area contributed by atoms with Crippen molar-refractivity contribution in [1.29, 1.82) is 0 Å². The predicted molar refractivity (Wildman–Crippen MR) is 111 cm³/mol. The summed E-state index contributed by atoms with van der Waals surface area (Å²) in [6, 6.07) is 10.2. The number of fused-ring (bicyclic) bond motifs is 1. The molecule has 1 atom stereocenters. The number of oxazole rings is 1. The van der Waals surface area contributed by atoms with Gasteiger partial charge in [0, 0.05) is 44.5 Å². The zero-order valence-corrected chi connectivity index (χ0v) is 16.6. The van der Waals surface area contributed by atoms with Crippen molar-refractivity contribution in [3.05, 3.63) is 48.3 Å². The number of ether oxygens (including phenoxy) is 1. The quantitative estimate of drug-likeness (QED) is 0.663. The second kappa shape index (κ2) is 8.94. The van der Waals surface area contributed by atoms with Crippen molar-refractivity contribution in [1.82, 2.24) is 15.3 Å². The van der Waals surface area contributed by atoms with Gasteiger partial charge in [0.15, 0.2) is 5.58 Å². The molecule has 0 bridgehead atoms. The van der Waals surface area contributed by atoms with Crippen LogP contribution in [-0.2, 0) is 11.2 Å². The molecule has 0 radical (unpaired) electrons. The van der Waals surface area contributed by atoms with E-state index in [9.17, 15) is 4.79 Å². The zero-order valence-electron chi connectivity index (χ0n) is 16.6. The summed E-state index contributed by atoms with van der Waals surface area (Å²) in [5.74, 6) is 1.16. The molecule has 1 unspecified atom stereocenters. The van der Waals surface area contributed by atoms with E-state index in [0.29, 0.717) is 24.9 Å². The van der Waals surface area contributed by atoms with Crippen molar-refractivity contribution in [2.24, 2.45) is 5.92 Å². The minimum absolute atomic E-state index is 0.100. The molecule has 2 aromatic heterocycles. The first-order valence-electron chi connectivity index (χ1n) is 10.1. The van der Waals surface area contributed by atoms with Gasteiger partial charge in [0.1, 0.15) is 11.3 Å². The fourth-order valence-electron chi connectivity index (χ4n) is 3.79. The van der Waals surface area contributed by atoms with E-state index < -0.39 is 0 Å². The van der Waals surface area contributed by atoms with Crippen LogP contribution < -0.4 is 15.0 Å². The zero-order chi connectivity index (χ0) is 20.1. The van der Waals surface area contributed by atoms with Crippen LogP contribution in [0.1, 0.15) is 24.8 Å². The van der Waals surface area contributed by atoms with E-state index in [-0.39, 0.29) is 5.91 Å². The summed E-state index contributed by atoms with van der Waals surface area (Å²) >= 11 is 0. The number of anilines is 1. The Hall–Kier alpha value is -3.09. The van der Waals surface area contributed by atoms with Crippen molar-refractivity contribution in [2.45, 2.75) is 25.7 Å². The first-order chi connectivity index (χ1) is 14.2. The van der Waals surface area contributed by atoms with E-state index >= 15 is 0 Å². The Balaban J connectivity index is 1.30. The lowest BCUT2D eigenvalue weighted by molar-refractivity contribution is -0.122. The lowest BCUT2D eigenvalue weighted by atomic mass is 9.94. The van der Waals surface area contributed by atoms with Gasteiger partial charge in [-0.05, 0) is 48.9 Å². The monoisotopic (exact) mass is 394 g/mol. The third kappa shape index (κ3) is 4.85. The molecular weight excluding hydrogens is 368 g/mol. The van der Waals surface area contributed by atoms with Gasteiger partial charge in [-0.2, -0.15) is 4.98 Å². The Kier molecular flexibility index (Phi) is 5.93. The molecule has 1 amide bonds. The molecule has 3 aromatic rings. The molecule has 1 aromatic carbocycles. The number of nitrogens with zero attached hydrogens (tertiary/aromatic N) is 3. The molecule has 1 saturated heterocycles. The van der Waals surface area contributed by atoms with Crippen LogP contribution in [-0.4, -0.2) is 42.6 Å². The van der Waals surface area contributed by atoms with Gasteiger partial charge in [0.05, 0.1) is 7.11 Å². The van der Waals surface area contributed by atoms with Crippen LogP contribution in [0.5, 0.6) is 5.75 Å². The van der Waals surface area contributed by atoms with Gasteiger partial charge in [-0.3, -0.25) is 9.78 Å². The molecule has 29 heavy (non-hydrogen) atoms. The summed E-state index contributed by atoms with van der Waals surface area (Å²) in [7, 11) is 1.64. The maximum Gasteiger partial charge on any atom is 0.298 e. The number of carbonyl (C=O) groups excluding carboxylic acids is 1. The number of piperidine rings is 1. The first kappa shape index (κ1) is 19.2. The van der Waals surface area contributed by atoms with Crippen LogP contribution in [0.25, 0.3) is 11.1 Å². The maximum atomic E-state index is 12.4. The van der Waals surface area contributed by atoms with Gasteiger partial charge in [-0.1, -0.05) is 6.07 Å². The highest BCUT2D eigenvalue weighted by molar-refractivity contribution is 5.77. The topological polar surface area (TPSA) is 80.5 Å². The van der Waals surface area contributed by atoms with E-state index in [1.165, 1.54) is 0 Å². The van der Waals surface area contributed by atoms with Crippen molar-refractivity contribution < 1.29 is 13.9 Å². The van der Waals surface area contributed by atoms with Gasteiger partial charge < -0.3 is 19.4 Å². The molecule has 3 heterocycles. The SMILES string of the molecule is COc1ccc2oc(N3CCCC(CC(=O)NCCc4cccnc4)C3)nc2c1. The van der Waals surface area contributed by atoms with Crippen molar-refractivity contribution in [3.8, 4) is 5.75 Å². The summed E-state index contributed by atoms with van der Waals surface area (Å²) in [6.07, 6.45) is 6.97. The third-order valence-electron chi connectivity index (χ3n) is 5.31. The second-order valence-corrected chi connectivity index (χ2v) is 7.45. The standard InChI is InChI=1S/C22H26N4O3/c1-28-18-6-7-20-19(13-18)25-22(29-20)26-11-3-5-17(15-26)12-21(27)24-10-8-16-4-2-9-23-14-16/h2,4,6-7,9,13-14,17H,3,5,8,10-12,15H2,1H3,(H,24,27). The van der Waals surface area contributed by atoms with Gasteiger partial charge >= 0.3 is 0 Å². The van der Waals surface area contributed by atoms with Crippen LogP contribution >= 0.6 is 0 Å². The molecule has 4 rings (SSSR count). The number of methoxy groups -OCH3 is 1. The number of pyridine rings is 1. The molecule has 0 spiro atoms. The van der Waals surface area contributed by atoms with Crippen LogP contribution in [0.3, 0.4) is 0 Å². The third-order valence-corrected chi connectivity index (χ3v) is 5.31. The predicted octanol–water partition coefficient (Wildman–Crippen LogP) is 3.20. The molecule has 1 fully saturated rings. The number of hydrogen-bond acceptors (Lipinski definition) is 6. The lowest BCUT2D eigenvalue weighted by Crippen LogP contribution is -2.38. The molecule has 7 heteroatoms. The number of carbonyl (C=O) groups is 1. The molecule has 0 saturated carbocycles. The Labute approximate surface area is 170 Å². The largest absolute Gasteiger partial charge is 0.497 e. The summed E-state index contributed by atoms with van der Waals surface area (Å²) < 4.78 is 11.2. The van der Waals surface area contributed by atoms with Gasteiger partial charge in [0.2, 0.25) is 5.91 Å². The number of benzene rings is 1. The van der Waals surface area contributed by atoms with Gasteiger partial charge in [0.25, 0.3) is 6.01 Å². The Morgan fingerprint density at radius 2 is 2.31 bits per heavy atom. The minimum atomic E-state index is 0.100. The average molecular weight is 394 g/mol. The highest BCUT2D eigenvalue weighted by Crippen LogP contribution is 2.29. The molecule has 7 nitrogen and oxygen atoms in total. The summed E-state index contributed by atoms with van der Waals surface area (Å²) in [5.41, 5.74) is 2.66. The first-order valence-corrected chi connectivity index (χ1v) is 10.1. The molecule has 1 aliphatic heterocycles. The van der Waals surface area contributed by atoms with Crippen molar-refractivity contribution in [2.75, 3.05) is 31.6 Å². The minimum Gasteiger partial charge on any atom is -0.497 e. The van der Waals surface area contributed by atoms with Crippen molar-refractivity contribution in [3.63, 3.8) is 0 Å². The van der Waals surface area contributed by atoms with Crippen LogP contribution in [0.2, 0.25) is 0 Å². The van der Waals surface area contributed by atoms with Crippen LogP contribution in [0.15, 0.2) is 47.1 Å². The smallest absolute Gasteiger partial charge is 0.298 e. The average Bonchev–Trinajstić information content (AvgIpc) is 3.18. The number of hydrogen-bond donors (Lipinski definition) is 1. The van der Waals surface area contributed by atoms with E-state index in [2.05, 4.69) is 20.2 Å². The molecule has 1 aliphatic rings. The summed E-state index contributed by atoms with van der Waals surface area (Å²) in [6.45, 7) is 2.30. The van der Waals surface area contributed by atoms with E-state index in [1.807, 2.05) is 36.5 Å². The summed E-state index contributed by atoms with van der Waals surface area (Å²) in [4.78, 5) is 23.2. The fraction of sp³-hybridized carbons (Fsp3) is 0.409. The molecule has 0 aliphatic carbocycles. The highest BCUT2D eigenvalue weighted by Gasteiger charge is 2.25.